The summed E-state index contributed by atoms with van der Waals surface area (Å²) in [5.41, 5.74) is 1.61. The van der Waals surface area contributed by atoms with Crippen molar-refractivity contribution in [2.45, 2.75) is 6.17 Å². The van der Waals surface area contributed by atoms with Gasteiger partial charge in [0.1, 0.15) is 6.17 Å². The normalized spacial score (nSPS) is 16.0. The van der Waals surface area contributed by atoms with E-state index < -0.39 is 11.1 Å². The van der Waals surface area contributed by atoms with Crippen LogP contribution in [0.3, 0.4) is 0 Å². The molecule has 0 saturated carbocycles. The lowest BCUT2D eigenvalue weighted by molar-refractivity contribution is -0.384. The third-order valence-corrected chi connectivity index (χ3v) is 4.15. The summed E-state index contributed by atoms with van der Waals surface area (Å²) in [7, 11) is 4.65. The Labute approximate surface area is 144 Å². The largest absolute Gasteiger partial charge is 0.493 e. The van der Waals surface area contributed by atoms with Gasteiger partial charge in [0.2, 0.25) is 0 Å². The highest BCUT2D eigenvalue weighted by atomic mass is 16.6. The number of benzene rings is 2. The predicted octanol–water partition coefficient (Wildman–Crippen LogP) is 2.81. The Bertz CT molecular complexity index is 852. The van der Waals surface area contributed by atoms with Gasteiger partial charge in [0.15, 0.2) is 11.5 Å². The van der Waals surface area contributed by atoms with Crippen molar-refractivity contribution in [1.82, 2.24) is 4.90 Å². The molecule has 1 heterocycles. The fraction of sp³-hybridized carbons (Fsp3) is 0.235. The van der Waals surface area contributed by atoms with Gasteiger partial charge in [0.05, 0.1) is 30.4 Å². The SMILES string of the molecule is COc1cc2c(cc1OC)C(=O)N(C)[C@H](c1cccc([N+](=O)[O-])c1)N2. The van der Waals surface area contributed by atoms with E-state index in [0.717, 1.165) is 0 Å². The van der Waals surface area contributed by atoms with Crippen LogP contribution in [0.2, 0.25) is 0 Å². The minimum Gasteiger partial charge on any atom is -0.493 e. The zero-order valence-electron chi connectivity index (χ0n) is 14.0. The second kappa shape index (κ2) is 6.31. The molecule has 0 radical (unpaired) electrons. The first kappa shape index (κ1) is 16.6. The molecule has 0 bridgehead atoms. The number of carbonyl (C=O) groups excluding carboxylic acids is 1. The Kier molecular flexibility index (Phi) is 4.18. The van der Waals surface area contributed by atoms with Crippen LogP contribution in [0.4, 0.5) is 11.4 Å². The lowest BCUT2D eigenvalue weighted by Gasteiger charge is -2.35. The molecular formula is C17H17N3O5. The maximum absolute atomic E-state index is 12.7. The minimum atomic E-state index is -0.530. The number of nitro groups is 1. The Morgan fingerprint density at radius 3 is 2.48 bits per heavy atom. The maximum Gasteiger partial charge on any atom is 0.269 e. The van der Waals surface area contributed by atoms with E-state index in [9.17, 15) is 14.9 Å². The van der Waals surface area contributed by atoms with Crippen LogP contribution in [0.25, 0.3) is 0 Å². The van der Waals surface area contributed by atoms with Crippen LogP contribution in [0.1, 0.15) is 22.1 Å². The fourth-order valence-electron chi connectivity index (χ4n) is 2.84. The summed E-state index contributed by atoms with van der Waals surface area (Å²) in [5, 5.41) is 14.2. The quantitative estimate of drug-likeness (QED) is 0.678. The van der Waals surface area contributed by atoms with Crippen LogP contribution in [0.15, 0.2) is 36.4 Å². The lowest BCUT2D eigenvalue weighted by atomic mass is 10.0. The Balaban J connectivity index is 2.05. The van der Waals surface area contributed by atoms with Crippen LogP contribution in [-0.4, -0.2) is 37.0 Å². The van der Waals surface area contributed by atoms with Crippen LogP contribution >= 0.6 is 0 Å². The summed E-state index contributed by atoms with van der Waals surface area (Å²) in [5.74, 6) is 0.730. The second-order valence-electron chi connectivity index (χ2n) is 5.57. The number of carbonyl (C=O) groups is 1. The van der Waals surface area contributed by atoms with Gasteiger partial charge >= 0.3 is 0 Å². The van der Waals surface area contributed by atoms with Crippen molar-refractivity contribution in [3.05, 3.63) is 57.6 Å². The van der Waals surface area contributed by atoms with Gasteiger partial charge in [-0.05, 0) is 6.07 Å². The Hall–Kier alpha value is -3.29. The van der Waals surface area contributed by atoms with Crippen molar-refractivity contribution < 1.29 is 19.2 Å². The average molecular weight is 343 g/mol. The zero-order valence-corrected chi connectivity index (χ0v) is 14.0. The molecule has 1 atom stereocenters. The molecule has 0 unspecified atom stereocenters. The van der Waals surface area contributed by atoms with E-state index in [0.29, 0.717) is 28.3 Å². The number of methoxy groups -OCH3 is 2. The van der Waals surface area contributed by atoms with Gasteiger partial charge in [-0.3, -0.25) is 14.9 Å². The van der Waals surface area contributed by atoms with Gasteiger partial charge in [-0.25, -0.2) is 0 Å². The number of rotatable bonds is 4. The smallest absolute Gasteiger partial charge is 0.269 e. The summed E-state index contributed by atoms with van der Waals surface area (Å²) in [6.07, 6.45) is -0.530. The molecule has 3 rings (SSSR count). The molecule has 1 N–H and O–H groups in total. The highest BCUT2D eigenvalue weighted by Crippen LogP contribution is 2.39. The van der Waals surface area contributed by atoms with Crippen molar-refractivity contribution >= 4 is 17.3 Å². The number of anilines is 1. The molecular weight excluding hydrogens is 326 g/mol. The van der Waals surface area contributed by atoms with E-state index >= 15 is 0 Å². The third kappa shape index (κ3) is 2.82. The van der Waals surface area contributed by atoms with Gasteiger partial charge in [0.25, 0.3) is 11.6 Å². The van der Waals surface area contributed by atoms with Crippen molar-refractivity contribution in [2.24, 2.45) is 0 Å². The molecule has 0 aromatic heterocycles. The third-order valence-electron chi connectivity index (χ3n) is 4.15. The number of hydrogen-bond acceptors (Lipinski definition) is 6. The van der Waals surface area contributed by atoms with E-state index in [1.165, 1.54) is 31.3 Å². The standard InChI is InChI=1S/C17H17N3O5/c1-19-16(10-5-4-6-11(7-10)20(22)23)18-13-9-15(25-3)14(24-2)8-12(13)17(19)21/h4-9,16,18H,1-3H3/t16-/m1/s1. The molecule has 130 valence electrons. The Morgan fingerprint density at radius 2 is 1.84 bits per heavy atom. The summed E-state index contributed by atoms with van der Waals surface area (Å²) in [6, 6.07) is 9.49. The molecule has 0 saturated heterocycles. The van der Waals surface area contributed by atoms with Gasteiger partial charge in [-0.2, -0.15) is 0 Å². The molecule has 2 aromatic rings. The number of nitro benzene ring substituents is 1. The topological polar surface area (TPSA) is 93.9 Å². The number of nitrogens with zero attached hydrogens (tertiary/aromatic N) is 2. The first-order valence-corrected chi connectivity index (χ1v) is 7.50. The van der Waals surface area contributed by atoms with E-state index in [-0.39, 0.29) is 11.6 Å². The average Bonchev–Trinajstić information content (AvgIpc) is 2.63. The maximum atomic E-state index is 12.7. The second-order valence-corrected chi connectivity index (χ2v) is 5.57. The molecule has 8 nitrogen and oxygen atoms in total. The lowest BCUT2D eigenvalue weighted by Crippen LogP contribution is -2.40. The number of nitrogens with one attached hydrogen (secondary N) is 1. The molecule has 1 amide bonds. The molecule has 1 aliphatic heterocycles. The van der Waals surface area contributed by atoms with Crippen molar-refractivity contribution in [3.63, 3.8) is 0 Å². The molecule has 1 aliphatic rings. The molecule has 0 fully saturated rings. The summed E-state index contributed by atoms with van der Waals surface area (Å²) >= 11 is 0. The first-order chi connectivity index (χ1) is 12.0. The summed E-state index contributed by atoms with van der Waals surface area (Å²) < 4.78 is 10.5. The van der Waals surface area contributed by atoms with Crippen molar-refractivity contribution in [2.75, 3.05) is 26.6 Å². The predicted molar refractivity (Wildman–Crippen MR) is 91.1 cm³/mol. The van der Waals surface area contributed by atoms with E-state index in [1.54, 1.807) is 31.3 Å². The monoisotopic (exact) mass is 343 g/mol. The van der Waals surface area contributed by atoms with E-state index in [1.807, 2.05) is 0 Å². The number of fused-ring (bicyclic) bond motifs is 1. The van der Waals surface area contributed by atoms with Crippen LogP contribution in [0.5, 0.6) is 11.5 Å². The minimum absolute atomic E-state index is 0.0294. The van der Waals surface area contributed by atoms with E-state index in [4.69, 9.17) is 9.47 Å². The highest BCUT2D eigenvalue weighted by molar-refractivity contribution is 6.02. The number of non-ortho nitro benzene ring substituents is 1. The fourth-order valence-corrected chi connectivity index (χ4v) is 2.84. The molecule has 2 aromatic carbocycles. The van der Waals surface area contributed by atoms with Gasteiger partial charge < -0.3 is 19.7 Å². The van der Waals surface area contributed by atoms with Gasteiger partial charge in [0, 0.05) is 30.8 Å². The van der Waals surface area contributed by atoms with Crippen molar-refractivity contribution in [1.29, 1.82) is 0 Å². The zero-order chi connectivity index (χ0) is 18.1. The summed E-state index contributed by atoms with van der Waals surface area (Å²) in [4.78, 5) is 24.8. The first-order valence-electron chi connectivity index (χ1n) is 7.50. The van der Waals surface area contributed by atoms with Crippen LogP contribution in [-0.2, 0) is 0 Å². The highest BCUT2D eigenvalue weighted by Gasteiger charge is 2.32. The molecule has 0 spiro atoms. The Morgan fingerprint density at radius 1 is 1.16 bits per heavy atom. The van der Waals surface area contributed by atoms with Gasteiger partial charge in [-0.1, -0.05) is 12.1 Å². The van der Waals surface area contributed by atoms with Crippen LogP contribution in [0, 0.1) is 10.1 Å². The summed E-state index contributed by atoms with van der Waals surface area (Å²) in [6.45, 7) is 0. The van der Waals surface area contributed by atoms with Crippen LogP contribution < -0.4 is 14.8 Å². The molecule has 0 aliphatic carbocycles. The van der Waals surface area contributed by atoms with Gasteiger partial charge in [-0.15, -0.1) is 0 Å². The molecule has 25 heavy (non-hydrogen) atoms. The number of ether oxygens (including phenoxy) is 2. The molecule has 8 heteroatoms. The van der Waals surface area contributed by atoms with E-state index in [2.05, 4.69) is 5.32 Å². The number of amides is 1. The van der Waals surface area contributed by atoms with Crippen molar-refractivity contribution in [3.8, 4) is 11.5 Å². The number of hydrogen-bond donors (Lipinski definition) is 1.